The summed E-state index contributed by atoms with van der Waals surface area (Å²) in [5.74, 6) is -1.88. The van der Waals surface area contributed by atoms with Crippen LogP contribution in [0.25, 0.3) is 0 Å². The van der Waals surface area contributed by atoms with Crippen LogP contribution in [-0.4, -0.2) is 90.0 Å². The van der Waals surface area contributed by atoms with Crippen molar-refractivity contribution in [1.82, 2.24) is 9.80 Å². The molecule has 0 aromatic rings. The molecule has 8 atom stereocenters. The Bertz CT molecular complexity index is 1350. The lowest BCUT2D eigenvalue weighted by atomic mass is 10.0. The van der Waals surface area contributed by atoms with E-state index >= 15 is 9.59 Å². The van der Waals surface area contributed by atoms with Crippen molar-refractivity contribution >= 4 is 65.0 Å². The number of aliphatic hydroxyl groups is 2. The van der Waals surface area contributed by atoms with Crippen molar-refractivity contribution in [1.29, 1.82) is 0 Å². The molecule has 7 aliphatic rings. The maximum absolute atomic E-state index is 15.1. The first-order chi connectivity index (χ1) is 24.1. The van der Waals surface area contributed by atoms with Crippen LogP contribution in [0.3, 0.4) is 0 Å². The average Bonchev–Trinajstić information content (AvgIpc) is 3.42. The lowest BCUT2D eigenvalue weighted by Crippen LogP contribution is -2.74. The van der Waals surface area contributed by atoms with Gasteiger partial charge in [0.1, 0.15) is 12.2 Å². The molecule has 274 valence electrons. The molecule has 2 spiro atoms. The summed E-state index contributed by atoms with van der Waals surface area (Å²) in [7, 11) is 5.34. The third-order valence-corrected chi connectivity index (χ3v) is 17.1. The van der Waals surface area contributed by atoms with E-state index in [1.807, 2.05) is 0 Å². The van der Waals surface area contributed by atoms with Gasteiger partial charge in [-0.25, -0.2) is 0 Å². The molecule has 7 rings (SSSR count). The number of amides is 2. The Labute approximate surface area is 307 Å². The SMILES string of the molecule is CCCCCC(O)CC(=O)OC1C=COC=C2CC34SSSSC5(CC6=COC=CC(OC(=O)CC(O)CCCCC)C6N5C3=O)C(=O)N4C21. The van der Waals surface area contributed by atoms with Crippen LogP contribution >= 0.6 is 41.2 Å². The van der Waals surface area contributed by atoms with Gasteiger partial charge < -0.3 is 39.0 Å². The number of rotatable bonds is 14. The number of ether oxygens (including phenoxy) is 4. The maximum Gasteiger partial charge on any atom is 0.309 e. The fourth-order valence-corrected chi connectivity index (χ4v) is 15.2. The number of fused-ring (bicyclic) bond motifs is 5. The van der Waals surface area contributed by atoms with Crippen molar-refractivity contribution in [2.24, 2.45) is 0 Å². The highest BCUT2D eigenvalue weighted by Gasteiger charge is 2.75. The molecule has 16 heteroatoms. The third kappa shape index (κ3) is 7.21. The molecule has 7 heterocycles. The van der Waals surface area contributed by atoms with Gasteiger partial charge in [-0.15, -0.1) is 0 Å². The minimum atomic E-state index is -1.41. The highest BCUT2D eigenvalue weighted by molar-refractivity contribution is 9.26. The molecule has 2 N–H and O–H groups in total. The molecule has 0 radical (unpaired) electrons. The summed E-state index contributed by atoms with van der Waals surface area (Å²) in [6.07, 6.45) is 11.7. The zero-order valence-corrected chi connectivity index (χ0v) is 31.4. The van der Waals surface area contributed by atoms with E-state index < -0.39 is 58.2 Å². The lowest BCUT2D eigenvalue weighted by molar-refractivity contribution is -0.172. The van der Waals surface area contributed by atoms with Gasteiger partial charge in [0.2, 0.25) is 0 Å². The molecule has 7 aliphatic heterocycles. The molecule has 8 unspecified atom stereocenters. The smallest absolute Gasteiger partial charge is 0.309 e. The molecule has 0 aromatic carbocycles. The molecule has 2 bridgehead atoms. The number of nitrogens with zero attached hydrogens (tertiary/aromatic N) is 2. The van der Waals surface area contributed by atoms with Gasteiger partial charge in [-0.05, 0) is 77.4 Å². The van der Waals surface area contributed by atoms with Gasteiger partial charge in [0.15, 0.2) is 9.74 Å². The second-order valence-corrected chi connectivity index (χ2v) is 19.6. The Morgan fingerprint density at radius 1 is 0.780 bits per heavy atom. The summed E-state index contributed by atoms with van der Waals surface area (Å²) < 4.78 is 23.2. The normalized spacial score (nSPS) is 32.1. The summed E-state index contributed by atoms with van der Waals surface area (Å²) in [5, 5.41) is 21.0. The largest absolute Gasteiger partial charge is 0.473 e. The molecule has 0 saturated carbocycles. The van der Waals surface area contributed by atoms with Crippen LogP contribution in [-0.2, 0) is 38.1 Å². The Morgan fingerprint density at radius 2 is 1.20 bits per heavy atom. The van der Waals surface area contributed by atoms with E-state index in [1.54, 1.807) is 22.0 Å². The Balaban J connectivity index is 1.28. The number of piperazine rings is 1. The first kappa shape index (κ1) is 37.5. The van der Waals surface area contributed by atoms with Crippen LogP contribution in [0, 0.1) is 0 Å². The quantitative estimate of drug-likeness (QED) is 0.128. The summed E-state index contributed by atoms with van der Waals surface area (Å²) in [4.78, 5) is 56.8. The third-order valence-electron chi connectivity index (χ3n) is 9.84. The van der Waals surface area contributed by atoms with Crippen LogP contribution < -0.4 is 0 Å². The first-order valence-corrected chi connectivity index (χ1v) is 22.1. The topological polar surface area (TPSA) is 152 Å². The van der Waals surface area contributed by atoms with Crippen LogP contribution in [0.4, 0.5) is 0 Å². The minimum absolute atomic E-state index is 0.125. The van der Waals surface area contributed by atoms with E-state index in [2.05, 4.69) is 13.8 Å². The molecular formula is C34H44N2O10S4. The van der Waals surface area contributed by atoms with Gasteiger partial charge >= 0.3 is 11.9 Å². The number of hydrogen-bond acceptors (Lipinski definition) is 14. The monoisotopic (exact) mass is 768 g/mol. The number of hydrogen-bond donors (Lipinski definition) is 2. The summed E-state index contributed by atoms with van der Waals surface area (Å²) in [5.41, 5.74) is 1.25. The van der Waals surface area contributed by atoms with Crippen molar-refractivity contribution in [3.8, 4) is 0 Å². The van der Waals surface area contributed by atoms with Crippen LogP contribution in [0.15, 0.2) is 48.3 Å². The van der Waals surface area contributed by atoms with Crippen LogP contribution in [0.5, 0.6) is 0 Å². The van der Waals surface area contributed by atoms with Crippen molar-refractivity contribution in [2.75, 3.05) is 0 Å². The second kappa shape index (κ2) is 16.2. The predicted octanol–water partition coefficient (Wildman–Crippen LogP) is 5.63. The molecular weight excluding hydrogens is 725 g/mol. The lowest BCUT2D eigenvalue weighted by Gasteiger charge is -2.55. The van der Waals surface area contributed by atoms with Gasteiger partial charge in [0, 0.05) is 12.8 Å². The maximum atomic E-state index is 15.1. The van der Waals surface area contributed by atoms with E-state index in [0.29, 0.717) is 24.0 Å². The highest BCUT2D eigenvalue weighted by Crippen LogP contribution is 2.69. The van der Waals surface area contributed by atoms with E-state index in [-0.39, 0.29) is 37.5 Å². The molecule has 2 amide bonds. The molecule has 5 fully saturated rings. The van der Waals surface area contributed by atoms with Gasteiger partial charge in [-0.2, -0.15) is 0 Å². The minimum Gasteiger partial charge on any atom is -0.473 e. The Hall–Kier alpha value is -2.24. The fraction of sp³-hybridized carbons (Fsp3) is 0.647. The number of carbonyl (C=O) groups is 4. The van der Waals surface area contributed by atoms with Gasteiger partial charge in [-0.1, -0.05) is 52.4 Å². The molecule has 0 aromatic heterocycles. The van der Waals surface area contributed by atoms with Crippen molar-refractivity contribution in [3.63, 3.8) is 0 Å². The van der Waals surface area contributed by atoms with Gasteiger partial charge in [0.05, 0.1) is 62.2 Å². The number of carbonyl (C=O) groups excluding carboxylic acids is 4. The Morgan fingerprint density at radius 3 is 1.60 bits per heavy atom. The summed E-state index contributed by atoms with van der Waals surface area (Å²) in [6.45, 7) is 4.13. The molecule has 50 heavy (non-hydrogen) atoms. The van der Waals surface area contributed by atoms with Gasteiger partial charge in [0.25, 0.3) is 11.8 Å². The molecule has 5 saturated heterocycles. The van der Waals surface area contributed by atoms with Crippen molar-refractivity contribution in [3.05, 3.63) is 48.3 Å². The summed E-state index contributed by atoms with van der Waals surface area (Å²) >= 11 is 0. The highest BCUT2D eigenvalue weighted by atomic mass is 33.7. The first-order valence-electron chi connectivity index (χ1n) is 17.3. The standard InChI is InChI=1S/C34H44N2O10S4/c1-3-5-7-9-23(37)15-27(39)45-25-11-13-43-19-21-17-33-32(42)36-30-22(18-34(36,48-50-49-47-33)31(41)35(33)29(21)25)20-44-14-12-26(30)46-28(40)16-24(38)10-8-6-4-2/h11-14,19-20,23-26,29-30,37-38H,3-10,15-18H2,1-2H3. The van der Waals surface area contributed by atoms with Crippen molar-refractivity contribution < 1.29 is 48.3 Å². The number of unbranched alkanes of at least 4 members (excludes halogenated alkanes) is 4. The van der Waals surface area contributed by atoms with E-state index in [0.717, 1.165) is 38.5 Å². The molecule has 0 aliphatic carbocycles. The zero-order chi connectivity index (χ0) is 35.5. The van der Waals surface area contributed by atoms with E-state index in [9.17, 15) is 19.8 Å². The van der Waals surface area contributed by atoms with E-state index in [4.69, 9.17) is 18.9 Å². The van der Waals surface area contributed by atoms with Gasteiger partial charge in [-0.3, -0.25) is 19.2 Å². The summed E-state index contributed by atoms with van der Waals surface area (Å²) in [6, 6.07) is -1.64. The number of aliphatic hydroxyl groups excluding tert-OH is 2. The number of esters is 2. The second-order valence-electron chi connectivity index (χ2n) is 13.4. The van der Waals surface area contributed by atoms with Crippen LogP contribution in [0.1, 0.15) is 90.9 Å². The average molecular weight is 769 g/mol. The Kier molecular flexibility index (Phi) is 12.1. The zero-order valence-electron chi connectivity index (χ0n) is 28.1. The van der Waals surface area contributed by atoms with Crippen LogP contribution in [0.2, 0.25) is 0 Å². The predicted molar refractivity (Wildman–Crippen MR) is 192 cm³/mol. The van der Waals surface area contributed by atoms with E-state index in [1.165, 1.54) is 66.3 Å². The molecule has 12 nitrogen and oxygen atoms in total. The van der Waals surface area contributed by atoms with Crippen molar-refractivity contribution in [2.45, 2.75) is 137 Å². The fourth-order valence-electron chi connectivity index (χ4n) is 7.48.